The number of aromatic nitrogens is 2. The number of ether oxygens (including phenoxy) is 1. The molecule has 1 heterocycles. The van der Waals surface area contributed by atoms with Crippen LogP contribution in [0.15, 0.2) is 27.8 Å². The van der Waals surface area contributed by atoms with Gasteiger partial charge in [-0.3, -0.25) is 18.7 Å². The summed E-state index contributed by atoms with van der Waals surface area (Å²) < 4.78 is 32.7. The first-order valence-electron chi connectivity index (χ1n) is 7.00. The summed E-state index contributed by atoms with van der Waals surface area (Å²) in [6.07, 6.45) is 0. The fourth-order valence-corrected chi connectivity index (χ4v) is 2.15. The summed E-state index contributed by atoms with van der Waals surface area (Å²) in [5.41, 5.74) is -1.77. The molecule has 0 aliphatic rings. The highest BCUT2D eigenvalue weighted by molar-refractivity contribution is 6.33. The van der Waals surface area contributed by atoms with Gasteiger partial charge in [0.05, 0.1) is 10.6 Å². The van der Waals surface area contributed by atoms with Crippen molar-refractivity contribution in [2.24, 2.45) is 14.1 Å². The number of amides is 1. The number of carbonyl (C=O) groups is 2. The Hall–Kier alpha value is -3.01. The summed E-state index contributed by atoms with van der Waals surface area (Å²) in [7, 11) is 2.59. The van der Waals surface area contributed by atoms with Gasteiger partial charge >= 0.3 is 11.7 Å². The molecular weight excluding hydrogens is 376 g/mol. The molecule has 0 radical (unpaired) electrons. The second kappa shape index (κ2) is 7.48. The van der Waals surface area contributed by atoms with Gasteiger partial charge in [-0.25, -0.2) is 18.4 Å². The van der Waals surface area contributed by atoms with Gasteiger partial charge in [-0.1, -0.05) is 11.6 Å². The first-order chi connectivity index (χ1) is 12.1. The molecule has 0 saturated carbocycles. The van der Waals surface area contributed by atoms with E-state index in [2.05, 4.69) is 10.1 Å². The van der Waals surface area contributed by atoms with E-state index in [4.69, 9.17) is 11.6 Å². The van der Waals surface area contributed by atoms with Crippen LogP contribution >= 0.6 is 11.6 Å². The molecule has 0 spiro atoms. The standard InChI is InChI=1S/C15H12ClF2N3O5/c1-20-11(5-13(23)21(2)15(20)25)19-12(22)6-26-14(24)7-3-9(17)10(18)4-8(7)16/h3-5H,6H2,1-2H3,(H,19,22). The van der Waals surface area contributed by atoms with Gasteiger partial charge in [-0.05, 0) is 12.1 Å². The number of esters is 1. The first-order valence-corrected chi connectivity index (χ1v) is 7.38. The molecule has 0 aliphatic heterocycles. The third-order valence-electron chi connectivity index (χ3n) is 3.36. The molecule has 0 atom stereocenters. The van der Waals surface area contributed by atoms with Crippen LogP contribution in [0, 0.1) is 11.6 Å². The number of benzene rings is 1. The van der Waals surface area contributed by atoms with Crippen LogP contribution in [-0.2, 0) is 23.6 Å². The Bertz CT molecular complexity index is 1020. The number of nitrogens with one attached hydrogen (secondary N) is 1. The zero-order valence-corrected chi connectivity index (χ0v) is 14.3. The largest absolute Gasteiger partial charge is 0.452 e. The van der Waals surface area contributed by atoms with E-state index in [0.29, 0.717) is 12.1 Å². The SMILES string of the molecule is Cn1c(NC(=O)COC(=O)c2cc(F)c(F)cc2Cl)cc(=O)n(C)c1=O. The van der Waals surface area contributed by atoms with Gasteiger partial charge in [0.1, 0.15) is 5.82 Å². The van der Waals surface area contributed by atoms with Gasteiger partial charge in [-0.15, -0.1) is 0 Å². The van der Waals surface area contributed by atoms with Gasteiger partial charge in [0.15, 0.2) is 18.2 Å². The van der Waals surface area contributed by atoms with Crippen molar-refractivity contribution in [1.29, 1.82) is 0 Å². The molecule has 26 heavy (non-hydrogen) atoms. The molecule has 0 saturated heterocycles. The van der Waals surface area contributed by atoms with Crippen LogP contribution in [-0.4, -0.2) is 27.6 Å². The first kappa shape index (κ1) is 19.3. The van der Waals surface area contributed by atoms with Gasteiger partial charge in [0, 0.05) is 20.2 Å². The van der Waals surface area contributed by atoms with E-state index in [9.17, 15) is 28.0 Å². The van der Waals surface area contributed by atoms with Crippen LogP contribution in [0.5, 0.6) is 0 Å². The lowest BCUT2D eigenvalue weighted by Gasteiger charge is -2.11. The number of anilines is 1. The fourth-order valence-electron chi connectivity index (χ4n) is 1.92. The molecule has 0 unspecified atom stereocenters. The molecule has 138 valence electrons. The Labute approximate surface area is 149 Å². The average Bonchev–Trinajstić information content (AvgIpc) is 2.58. The molecule has 1 amide bonds. The number of carbonyl (C=O) groups excluding carboxylic acids is 2. The Kier molecular flexibility index (Phi) is 5.56. The van der Waals surface area contributed by atoms with E-state index < -0.39 is 46.9 Å². The zero-order valence-electron chi connectivity index (χ0n) is 13.5. The Morgan fingerprint density at radius 2 is 1.73 bits per heavy atom. The maximum absolute atomic E-state index is 13.2. The van der Waals surface area contributed by atoms with E-state index in [1.165, 1.54) is 14.1 Å². The van der Waals surface area contributed by atoms with E-state index in [0.717, 1.165) is 15.2 Å². The Morgan fingerprint density at radius 3 is 2.38 bits per heavy atom. The number of hydrogen-bond acceptors (Lipinski definition) is 5. The molecular formula is C15H12ClF2N3O5. The Balaban J connectivity index is 2.08. The van der Waals surface area contributed by atoms with Crippen LogP contribution in [0.4, 0.5) is 14.6 Å². The monoisotopic (exact) mass is 387 g/mol. The lowest BCUT2D eigenvalue weighted by molar-refractivity contribution is -0.119. The lowest BCUT2D eigenvalue weighted by atomic mass is 10.2. The smallest absolute Gasteiger partial charge is 0.340 e. The molecule has 1 N–H and O–H groups in total. The van der Waals surface area contributed by atoms with Crippen molar-refractivity contribution in [3.05, 3.63) is 61.3 Å². The summed E-state index contributed by atoms with van der Waals surface area (Å²) in [6.45, 7) is -0.808. The minimum Gasteiger partial charge on any atom is -0.452 e. The number of rotatable bonds is 4. The zero-order chi connectivity index (χ0) is 19.6. The second-order valence-electron chi connectivity index (χ2n) is 5.14. The molecule has 0 fully saturated rings. The van der Waals surface area contributed by atoms with Crippen molar-refractivity contribution in [2.75, 3.05) is 11.9 Å². The molecule has 0 aliphatic carbocycles. The van der Waals surface area contributed by atoms with Crippen LogP contribution in [0.1, 0.15) is 10.4 Å². The van der Waals surface area contributed by atoms with Crippen LogP contribution in [0.3, 0.4) is 0 Å². The van der Waals surface area contributed by atoms with Gasteiger partial charge in [0.2, 0.25) is 0 Å². The highest BCUT2D eigenvalue weighted by Gasteiger charge is 2.18. The van der Waals surface area contributed by atoms with Crippen LogP contribution in [0.25, 0.3) is 0 Å². The molecule has 11 heteroatoms. The topological polar surface area (TPSA) is 99.4 Å². The maximum atomic E-state index is 13.2. The van der Waals surface area contributed by atoms with Crippen molar-refractivity contribution in [3.8, 4) is 0 Å². The number of nitrogens with zero attached hydrogens (tertiary/aromatic N) is 2. The fraction of sp³-hybridized carbons (Fsp3) is 0.200. The minimum absolute atomic E-state index is 0.106. The van der Waals surface area contributed by atoms with E-state index in [-0.39, 0.29) is 10.8 Å². The molecule has 0 bridgehead atoms. The highest BCUT2D eigenvalue weighted by Crippen LogP contribution is 2.20. The van der Waals surface area contributed by atoms with Gasteiger partial charge < -0.3 is 10.1 Å². The average molecular weight is 388 g/mol. The maximum Gasteiger partial charge on any atom is 0.340 e. The number of halogens is 3. The van der Waals surface area contributed by atoms with Crippen molar-refractivity contribution < 1.29 is 23.1 Å². The third kappa shape index (κ3) is 3.97. The quantitative estimate of drug-likeness (QED) is 0.618. The van der Waals surface area contributed by atoms with E-state index in [1.54, 1.807) is 0 Å². The molecule has 1 aromatic carbocycles. The summed E-state index contributed by atoms with van der Waals surface area (Å²) in [5.74, 6) is -4.66. The predicted molar refractivity (Wildman–Crippen MR) is 87.2 cm³/mol. The summed E-state index contributed by atoms with van der Waals surface area (Å²) in [5, 5.41) is 1.84. The van der Waals surface area contributed by atoms with Crippen molar-refractivity contribution >= 4 is 29.3 Å². The second-order valence-corrected chi connectivity index (χ2v) is 5.55. The van der Waals surface area contributed by atoms with Crippen LogP contribution < -0.4 is 16.6 Å². The molecule has 2 aromatic rings. The summed E-state index contributed by atoms with van der Waals surface area (Å²) >= 11 is 5.63. The molecule has 8 nitrogen and oxygen atoms in total. The normalized spacial score (nSPS) is 10.5. The van der Waals surface area contributed by atoms with E-state index in [1.807, 2.05) is 0 Å². The predicted octanol–water partition coefficient (Wildman–Crippen LogP) is 0.811. The molecule has 1 aromatic heterocycles. The van der Waals surface area contributed by atoms with Gasteiger partial charge in [0.25, 0.3) is 11.5 Å². The van der Waals surface area contributed by atoms with Gasteiger partial charge in [-0.2, -0.15) is 0 Å². The summed E-state index contributed by atoms with van der Waals surface area (Å²) in [4.78, 5) is 47.0. The molecule has 2 rings (SSSR count). The van der Waals surface area contributed by atoms with E-state index >= 15 is 0 Å². The minimum atomic E-state index is -1.30. The van der Waals surface area contributed by atoms with Crippen molar-refractivity contribution in [2.45, 2.75) is 0 Å². The highest BCUT2D eigenvalue weighted by atomic mass is 35.5. The summed E-state index contributed by atoms with van der Waals surface area (Å²) in [6, 6.07) is 2.15. The number of hydrogen-bond donors (Lipinski definition) is 1. The lowest BCUT2D eigenvalue weighted by Crippen LogP contribution is -2.38. The van der Waals surface area contributed by atoms with Crippen molar-refractivity contribution in [3.63, 3.8) is 0 Å². The Morgan fingerprint density at radius 1 is 1.12 bits per heavy atom. The van der Waals surface area contributed by atoms with Crippen molar-refractivity contribution in [1.82, 2.24) is 9.13 Å². The van der Waals surface area contributed by atoms with Crippen LogP contribution in [0.2, 0.25) is 5.02 Å². The third-order valence-corrected chi connectivity index (χ3v) is 3.67.